The lowest BCUT2D eigenvalue weighted by molar-refractivity contribution is -0.0846. The van der Waals surface area contributed by atoms with Crippen molar-refractivity contribution in [1.29, 1.82) is 0 Å². The highest BCUT2D eigenvalue weighted by Crippen LogP contribution is 2.39. The summed E-state index contributed by atoms with van der Waals surface area (Å²) in [6, 6.07) is 0.353. The van der Waals surface area contributed by atoms with Gasteiger partial charge in [0.1, 0.15) is 11.7 Å². The molecule has 0 radical (unpaired) electrons. The molecule has 1 aliphatic heterocycles. The van der Waals surface area contributed by atoms with E-state index in [4.69, 9.17) is 9.47 Å². The monoisotopic (exact) mass is 252 g/mol. The number of hydrogen-bond donors (Lipinski definition) is 0. The van der Waals surface area contributed by atoms with E-state index < -0.39 is 0 Å². The molecule has 1 saturated heterocycles. The molecule has 18 heavy (non-hydrogen) atoms. The fraction of sp³-hybridized carbons (Fsp3) is 0.786. The molecule has 4 nitrogen and oxygen atoms in total. The van der Waals surface area contributed by atoms with E-state index >= 15 is 0 Å². The van der Waals surface area contributed by atoms with Crippen molar-refractivity contribution in [2.75, 3.05) is 0 Å². The predicted molar refractivity (Wildman–Crippen MR) is 70.9 cm³/mol. The van der Waals surface area contributed by atoms with Gasteiger partial charge in [-0.05, 0) is 41.5 Å². The third kappa shape index (κ3) is 2.69. The van der Waals surface area contributed by atoms with Gasteiger partial charge in [-0.1, -0.05) is 0 Å². The van der Waals surface area contributed by atoms with Gasteiger partial charge in [-0.25, -0.2) is 0 Å². The van der Waals surface area contributed by atoms with Crippen LogP contribution in [0.1, 0.15) is 54.0 Å². The van der Waals surface area contributed by atoms with Gasteiger partial charge in [-0.3, -0.25) is 4.68 Å². The topological polar surface area (TPSA) is 36.3 Å². The summed E-state index contributed by atoms with van der Waals surface area (Å²) >= 11 is 0. The first-order valence-corrected chi connectivity index (χ1v) is 6.61. The summed E-state index contributed by atoms with van der Waals surface area (Å²) in [5, 5.41) is 4.29. The van der Waals surface area contributed by atoms with Crippen LogP contribution in [0.5, 0.6) is 5.75 Å². The minimum atomic E-state index is -0.260. The Morgan fingerprint density at radius 1 is 1.39 bits per heavy atom. The maximum atomic E-state index is 6.05. The first-order chi connectivity index (χ1) is 8.20. The Bertz CT molecular complexity index is 421. The molecule has 4 heteroatoms. The largest absolute Gasteiger partial charge is 0.484 e. The van der Waals surface area contributed by atoms with Crippen LogP contribution in [0.25, 0.3) is 0 Å². The van der Waals surface area contributed by atoms with Crippen LogP contribution in [-0.4, -0.2) is 27.1 Å². The van der Waals surface area contributed by atoms with Crippen LogP contribution in [0.15, 0.2) is 12.4 Å². The molecule has 0 amide bonds. The van der Waals surface area contributed by atoms with Gasteiger partial charge in [0.15, 0.2) is 5.75 Å². The number of rotatable bonds is 3. The van der Waals surface area contributed by atoms with Crippen molar-refractivity contribution >= 4 is 0 Å². The average Bonchev–Trinajstić information content (AvgIpc) is 2.69. The van der Waals surface area contributed by atoms with Gasteiger partial charge in [-0.2, -0.15) is 5.10 Å². The molecule has 2 heterocycles. The van der Waals surface area contributed by atoms with Crippen LogP contribution in [-0.2, 0) is 4.74 Å². The maximum Gasteiger partial charge on any atom is 0.157 e. The standard InChI is InChI=1S/C14H24N2O2/c1-10(2)16-9-11(8-15-16)17-12-7-13(3,4)18-14(12,5)6/h8-10,12H,7H2,1-6H3. The van der Waals surface area contributed by atoms with Gasteiger partial charge in [0, 0.05) is 12.5 Å². The molecule has 0 aliphatic carbocycles. The third-order valence-electron chi connectivity index (χ3n) is 3.38. The molecule has 1 aromatic heterocycles. The van der Waals surface area contributed by atoms with Crippen LogP contribution in [0.3, 0.4) is 0 Å². The Hall–Kier alpha value is -1.03. The van der Waals surface area contributed by atoms with Crippen LogP contribution < -0.4 is 4.74 Å². The second-order valence-corrected chi connectivity index (χ2v) is 6.53. The highest BCUT2D eigenvalue weighted by molar-refractivity contribution is 5.14. The predicted octanol–water partition coefficient (Wildman–Crippen LogP) is 3.19. The zero-order valence-electron chi connectivity index (χ0n) is 12.2. The fourth-order valence-corrected chi connectivity index (χ4v) is 2.52. The van der Waals surface area contributed by atoms with E-state index in [1.807, 2.05) is 10.9 Å². The van der Waals surface area contributed by atoms with Crippen LogP contribution >= 0.6 is 0 Å². The molecular weight excluding hydrogens is 228 g/mol. The van der Waals surface area contributed by atoms with E-state index in [1.54, 1.807) is 6.20 Å². The molecule has 1 fully saturated rings. The summed E-state index contributed by atoms with van der Waals surface area (Å²) in [6.07, 6.45) is 4.69. The molecule has 0 spiro atoms. The van der Waals surface area contributed by atoms with Crippen molar-refractivity contribution in [3.05, 3.63) is 12.4 Å². The lowest BCUT2D eigenvalue weighted by Crippen LogP contribution is -2.36. The van der Waals surface area contributed by atoms with Crippen molar-refractivity contribution in [3.63, 3.8) is 0 Å². The molecule has 0 saturated carbocycles. The molecule has 1 unspecified atom stereocenters. The number of aromatic nitrogens is 2. The summed E-state index contributed by atoms with van der Waals surface area (Å²) < 4.78 is 14.0. The van der Waals surface area contributed by atoms with Gasteiger partial charge in [-0.15, -0.1) is 0 Å². The van der Waals surface area contributed by atoms with Crippen molar-refractivity contribution in [2.24, 2.45) is 0 Å². The van der Waals surface area contributed by atoms with E-state index in [-0.39, 0.29) is 17.3 Å². The minimum Gasteiger partial charge on any atom is -0.484 e. The summed E-state index contributed by atoms with van der Waals surface area (Å²) in [5.41, 5.74) is -0.383. The van der Waals surface area contributed by atoms with Crippen LogP contribution in [0, 0.1) is 0 Å². The maximum absolute atomic E-state index is 6.05. The van der Waals surface area contributed by atoms with Gasteiger partial charge in [0.05, 0.1) is 18.0 Å². The Labute approximate surface area is 109 Å². The van der Waals surface area contributed by atoms with Gasteiger partial charge >= 0.3 is 0 Å². The van der Waals surface area contributed by atoms with Gasteiger partial charge < -0.3 is 9.47 Å². The zero-order valence-corrected chi connectivity index (χ0v) is 12.2. The molecule has 1 aliphatic rings. The number of ether oxygens (including phenoxy) is 2. The molecule has 102 valence electrons. The smallest absolute Gasteiger partial charge is 0.157 e. The molecule has 0 bridgehead atoms. The summed E-state index contributed by atoms with van der Waals surface area (Å²) in [7, 11) is 0. The van der Waals surface area contributed by atoms with Gasteiger partial charge in [0.25, 0.3) is 0 Å². The summed E-state index contributed by atoms with van der Waals surface area (Å²) in [4.78, 5) is 0. The Morgan fingerprint density at radius 3 is 2.50 bits per heavy atom. The Kier molecular flexibility index (Phi) is 3.18. The van der Waals surface area contributed by atoms with Crippen LogP contribution in [0.4, 0.5) is 0 Å². The third-order valence-corrected chi connectivity index (χ3v) is 3.38. The van der Waals surface area contributed by atoms with E-state index in [9.17, 15) is 0 Å². The van der Waals surface area contributed by atoms with Crippen molar-refractivity contribution in [3.8, 4) is 5.75 Å². The molecule has 0 aromatic carbocycles. The lowest BCUT2D eigenvalue weighted by atomic mass is 9.97. The van der Waals surface area contributed by atoms with E-state index in [0.29, 0.717) is 6.04 Å². The molecule has 1 aromatic rings. The van der Waals surface area contributed by atoms with Crippen molar-refractivity contribution in [1.82, 2.24) is 9.78 Å². The SMILES string of the molecule is CC(C)n1cc(OC2CC(C)(C)OC2(C)C)cn1. The first kappa shape index (κ1) is 13.4. The Balaban J connectivity index is 2.09. The highest BCUT2D eigenvalue weighted by atomic mass is 16.6. The van der Waals surface area contributed by atoms with E-state index in [2.05, 4.69) is 46.6 Å². The second kappa shape index (κ2) is 4.26. The van der Waals surface area contributed by atoms with Crippen molar-refractivity contribution in [2.45, 2.75) is 71.3 Å². The van der Waals surface area contributed by atoms with Gasteiger partial charge in [0.2, 0.25) is 0 Å². The van der Waals surface area contributed by atoms with Crippen LogP contribution in [0.2, 0.25) is 0 Å². The molecule has 2 rings (SSSR count). The Morgan fingerprint density at radius 2 is 2.06 bits per heavy atom. The fourth-order valence-electron chi connectivity index (χ4n) is 2.52. The number of nitrogens with zero attached hydrogens (tertiary/aromatic N) is 2. The van der Waals surface area contributed by atoms with E-state index in [0.717, 1.165) is 12.2 Å². The molecule has 1 atom stereocenters. The average molecular weight is 252 g/mol. The highest BCUT2D eigenvalue weighted by Gasteiger charge is 2.47. The quantitative estimate of drug-likeness (QED) is 0.829. The summed E-state index contributed by atoms with van der Waals surface area (Å²) in [6.45, 7) is 12.6. The van der Waals surface area contributed by atoms with Crippen molar-refractivity contribution < 1.29 is 9.47 Å². The normalized spacial score (nSPS) is 25.6. The molecule has 0 N–H and O–H groups in total. The lowest BCUT2D eigenvalue weighted by Gasteiger charge is -2.26. The first-order valence-electron chi connectivity index (χ1n) is 6.61. The molecular formula is C14H24N2O2. The zero-order chi connectivity index (χ0) is 13.6. The summed E-state index contributed by atoms with van der Waals surface area (Å²) in [5.74, 6) is 0.822. The number of hydrogen-bond acceptors (Lipinski definition) is 3. The minimum absolute atomic E-state index is 0.0670. The van der Waals surface area contributed by atoms with E-state index in [1.165, 1.54) is 0 Å². The second-order valence-electron chi connectivity index (χ2n) is 6.53.